The molecule has 2 aromatic rings. The van der Waals surface area contributed by atoms with E-state index in [9.17, 15) is 13.4 Å². The van der Waals surface area contributed by atoms with E-state index in [1.165, 1.54) is 22.7 Å². The molecule has 0 spiro atoms. The SMILES string of the molecule is C#CCN(C)S(C)(=O)=NC(=O)Cc1c[nH]c2ccc(F)cc12. The van der Waals surface area contributed by atoms with Gasteiger partial charge in [0.15, 0.2) is 0 Å². The summed E-state index contributed by atoms with van der Waals surface area (Å²) in [6.45, 7) is 0.129. The highest BCUT2D eigenvalue weighted by molar-refractivity contribution is 7.90. The summed E-state index contributed by atoms with van der Waals surface area (Å²) in [7, 11) is -1.31. The Labute approximate surface area is 128 Å². The van der Waals surface area contributed by atoms with Gasteiger partial charge in [-0.2, -0.15) is 0 Å². The van der Waals surface area contributed by atoms with Gasteiger partial charge in [-0.15, -0.1) is 10.8 Å². The van der Waals surface area contributed by atoms with E-state index < -0.39 is 15.8 Å². The number of aromatic nitrogens is 1. The topological polar surface area (TPSA) is 65.5 Å². The zero-order valence-electron chi connectivity index (χ0n) is 12.3. The van der Waals surface area contributed by atoms with E-state index in [0.717, 1.165) is 5.52 Å². The lowest BCUT2D eigenvalue weighted by Crippen LogP contribution is -2.26. The Kier molecular flexibility index (Phi) is 4.64. The Bertz CT molecular complexity index is 873. The van der Waals surface area contributed by atoms with Crippen LogP contribution >= 0.6 is 0 Å². The third-order valence-electron chi connectivity index (χ3n) is 3.23. The first kappa shape index (κ1) is 16.2. The summed E-state index contributed by atoms with van der Waals surface area (Å²) in [4.78, 5) is 15.0. The van der Waals surface area contributed by atoms with Crippen molar-refractivity contribution in [3.63, 3.8) is 0 Å². The number of H-pyrrole nitrogens is 1. The number of carbonyl (C=O) groups is 1. The summed E-state index contributed by atoms with van der Waals surface area (Å²) in [5.74, 6) is 1.43. The molecule has 2 rings (SSSR count). The zero-order valence-corrected chi connectivity index (χ0v) is 13.1. The number of nitrogens with zero attached hydrogens (tertiary/aromatic N) is 2. The second kappa shape index (κ2) is 6.30. The molecule has 0 saturated carbocycles. The molecule has 22 heavy (non-hydrogen) atoms. The quantitative estimate of drug-likeness (QED) is 0.875. The molecule has 0 radical (unpaired) electrons. The Morgan fingerprint density at radius 3 is 2.95 bits per heavy atom. The smallest absolute Gasteiger partial charge is 0.259 e. The molecule has 1 amide bonds. The van der Waals surface area contributed by atoms with Crippen molar-refractivity contribution in [3.05, 3.63) is 35.8 Å². The molecule has 1 heterocycles. The fraction of sp³-hybridized carbons (Fsp3) is 0.267. The second-order valence-corrected chi connectivity index (χ2v) is 7.25. The summed E-state index contributed by atoms with van der Waals surface area (Å²) in [5, 5.41) is 0.614. The lowest BCUT2D eigenvalue weighted by atomic mass is 10.1. The van der Waals surface area contributed by atoms with Gasteiger partial charge in [0.1, 0.15) is 15.7 Å². The van der Waals surface area contributed by atoms with E-state index in [4.69, 9.17) is 6.42 Å². The van der Waals surface area contributed by atoms with Crippen LogP contribution in [0.15, 0.2) is 28.8 Å². The first-order valence-electron chi connectivity index (χ1n) is 6.48. The van der Waals surface area contributed by atoms with Gasteiger partial charge in [-0.1, -0.05) is 5.92 Å². The number of hydrogen-bond acceptors (Lipinski definition) is 2. The summed E-state index contributed by atoms with van der Waals surface area (Å²) in [6.07, 6.45) is 8.09. The maximum atomic E-state index is 13.3. The number of benzene rings is 1. The third kappa shape index (κ3) is 3.53. The third-order valence-corrected chi connectivity index (χ3v) is 5.06. The van der Waals surface area contributed by atoms with Crippen LogP contribution in [0.4, 0.5) is 4.39 Å². The first-order chi connectivity index (χ1) is 10.3. The van der Waals surface area contributed by atoms with Crippen LogP contribution in [-0.4, -0.2) is 39.3 Å². The molecule has 0 fully saturated rings. The number of rotatable bonds is 4. The number of halogens is 1. The molecule has 0 aliphatic heterocycles. The van der Waals surface area contributed by atoms with E-state index in [1.807, 2.05) is 0 Å². The highest BCUT2D eigenvalue weighted by Crippen LogP contribution is 2.20. The van der Waals surface area contributed by atoms with Gasteiger partial charge in [0.2, 0.25) is 0 Å². The van der Waals surface area contributed by atoms with Crippen LogP contribution in [0, 0.1) is 18.2 Å². The van der Waals surface area contributed by atoms with E-state index >= 15 is 0 Å². The normalized spacial score (nSPS) is 13.8. The minimum Gasteiger partial charge on any atom is -0.361 e. The molecule has 1 atom stereocenters. The van der Waals surface area contributed by atoms with Crippen molar-refractivity contribution >= 4 is 26.7 Å². The molecule has 0 saturated heterocycles. The van der Waals surface area contributed by atoms with Crippen molar-refractivity contribution in [1.29, 1.82) is 0 Å². The van der Waals surface area contributed by atoms with Gasteiger partial charge in [-0.3, -0.25) is 4.79 Å². The molecule has 1 aromatic carbocycles. The van der Waals surface area contributed by atoms with Crippen LogP contribution in [0.5, 0.6) is 0 Å². The maximum absolute atomic E-state index is 13.3. The number of hydrogen-bond donors (Lipinski definition) is 1. The lowest BCUT2D eigenvalue weighted by molar-refractivity contribution is -0.117. The number of carbonyl (C=O) groups excluding carboxylic acids is 1. The van der Waals surface area contributed by atoms with Crippen molar-refractivity contribution in [2.75, 3.05) is 19.8 Å². The van der Waals surface area contributed by atoms with Crippen molar-refractivity contribution in [1.82, 2.24) is 9.29 Å². The van der Waals surface area contributed by atoms with Gasteiger partial charge in [0.25, 0.3) is 5.91 Å². The van der Waals surface area contributed by atoms with Crippen LogP contribution < -0.4 is 0 Å². The average molecular weight is 321 g/mol. The standard InChI is InChI=1S/C15H16FN3O2S/c1-4-7-19(2)22(3,21)18-15(20)8-11-10-17-14-6-5-12(16)9-13(11)14/h1,5-6,9-10,17H,7-8H2,2-3H3. The fourth-order valence-corrected chi connectivity index (χ4v) is 2.89. The zero-order chi connectivity index (χ0) is 16.3. The predicted molar refractivity (Wildman–Crippen MR) is 84.9 cm³/mol. The van der Waals surface area contributed by atoms with E-state index in [-0.39, 0.29) is 18.8 Å². The van der Waals surface area contributed by atoms with Crippen LogP contribution in [0.25, 0.3) is 10.9 Å². The Morgan fingerprint density at radius 1 is 1.55 bits per heavy atom. The van der Waals surface area contributed by atoms with Gasteiger partial charge >= 0.3 is 0 Å². The van der Waals surface area contributed by atoms with Crippen molar-refractivity contribution < 1.29 is 13.4 Å². The van der Waals surface area contributed by atoms with Crippen molar-refractivity contribution in [3.8, 4) is 12.3 Å². The van der Waals surface area contributed by atoms with Crippen LogP contribution in [0.2, 0.25) is 0 Å². The Balaban J connectivity index is 2.26. The molecule has 1 N–H and O–H groups in total. The monoisotopic (exact) mass is 321 g/mol. The van der Waals surface area contributed by atoms with E-state index in [2.05, 4.69) is 15.3 Å². The number of terminal acetylenes is 1. The molecular formula is C15H16FN3O2S. The summed E-state index contributed by atoms with van der Waals surface area (Å²) < 4.78 is 30.7. The molecule has 0 bridgehead atoms. The highest BCUT2D eigenvalue weighted by Gasteiger charge is 2.14. The number of nitrogens with one attached hydrogen (secondary N) is 1. The minimum atomic E-state index is -2.85. The molecule has 7 heteroatoms. The lowest BCUT2D eigenvalue weighted by Gasteiger charge is -2.14. The second-order valence-electron chi connectivity index (χ2n) is 4.92. The Hall–Kier alpha value is -2.17. The number of amides is 1. The van der Waals surface area contributed by atoms with Gasteiger partial charge in [0.05, 0.1) is 13.0 Å². The summed E-state index contributed by atoms with van der Waals surface area (Å²) >= 11 is 0. The van der Waals surface area contributed by atoms with Gasteiger partial charge in [-0.25, -0.2) is 12.9 Å². The average Bonchev–Trinajstić information content (AvgIpc) is 2.81. The molecular weight excluding hydrogens is 305 g/mol. The molecule has 5 nitrogen and oxygen atoms in total. The van der Waals surface area contributed by atoms with Gasteiger partial charge in [0, 0.05) is 30.4 Å². The van der Waals surface area contributed by atoms with E-state index in [1.54, 1.807) is 19.3 Å². The van der Waals surface area contributed by atoms with Crippen LogP contribution in [0.3, 0.4) is 0 Å². The first-order valence-corrected chi connectivity index (χ1v) is 8.37. The number of fused-ring (bicyclic) bond motifs is 1. The minimum absolute atomic E-state index is 0.0574. The Morgan fingerprint density at radius 2 is 2.27 bits per heavy atom. The van der Waals surface area contributed by atoms with Crippen LogP contribution in [0.1, 0.15) is 5.56 Å². The fourth-order valence-electron chi connectivity index (χ4n) is 2.00. The van der Waals surface area contributed by atoms with Gasteiger partial charge < -0.3 is 4.98 Å². The molecule has 116 valence electrons. The largest absolute Gasteiger partial charge is 0.361 e. The summed E-state index contributed by atoms with van der Waals surface area (Å²) in [6, 6.07) is 4.28. The molecule has 0 aliphatic carbocycles. The molecule has 0 aliphatic rings. The highest BCUT2D eigenvalue weighted by atomic mass is 32.2. The maximum Gasteiger partial charge on any atom is 0.259 e. The van der Waals surface area contributed by atoms with Gasteiger partial charge in [-0.05, 0) is 23.8 Å². The van der Waals surface area contributed by atoms with E-state index in [0.29, 0.717) is 10.9 Å². The van der Waals surface area contributed by atoms with Crippen molar-refractivity contribution in [2.24, 2.45) is 4.36 Å². The molecule has 1 unspecified atom stereocenters. The summed E-state index contributed by atoms with van der Waals surface area (Å²) in [5.41, 5.74) is 1.34. The molecule has 1 aromatic heterocycles. The number of aromatic amines is 1. The predicted octanol–water partition coefficient (Wildman–Crippen LogP) is 1.95. The van der Waals surface area contributed by atoms with Crippen LogP contribution in [-0.2, 0) is 21.1 Å². The van der Waals surface area contributed by atoms with Crippen molar-refractivity contribution in [2.45, 2.75) is 6.42 Å².